The number of nitrogens with one attached hydrogen (secondary N) is 1. The van der Waals surface area contributed by atoms with E-state index in [0.29, 0.717) is 10.8 Å². The van der Waals surface area contributed by atoms with Gasteiger partial charge in [0, 0.05) is 11.1 Å². The number of ether oxygens (including phenoxy) is 1. The van der Waals surface area contributed by atoms with E-state index in [4.69, 9.17) is 16.3 Å². The van der Waals surface area contributed by atoms with Crippen LogP contribution in [0.15, 0.2) is 85.2 Å². The minimum Gasteiger partial charge on any atom is -0.484 e. The summed E-state index contributed by atoms with van der Waals surface area (Å²) in [5.74, 6) is 0.299. The van der Waals surface area contributed by atoms with Gasteiger partial charge in [0.1, 0.15) is 12.1 Å². The number of rotatable bonds is 7. The zero-order chi connectivity index (χ0) is 20.8. The first-order valence-corrected chi connectivity index (χ1v) is 9.63. The summed E-state index contributed by atoms with van der Waals surface area (Å²) >= 11 is 6.01. The summed E-state index contributed by atoms with van der Waals surface area (Å²) in [6.45, 7) is -0.129. The van der Waals surface area contributed by atoms with Crippen molar-refractivity contribution in [1.82, 2.24) is 25.5 Å². The molecule has 0 bridgehead atoms. The summed E-state index contributed by atoms with van der Waals surface area (Å²) in [7, 11) is 0. The largest absolute Gasteiger partial charge is 0.484 e. The summed E-state index contributed by atoms with van der Waals surface area (Å²) in [6, 6.07) is 24.0. The van der Waals surface area contributed by atoms with Gasteiger partial charge in [-0.15, -0.1) is 5.10 Å². The fourth-order valence-corrected chi connectivity index (χ4v) is 3.13. The van der Waals surface area contributed by atoms with E-state index in [1.54, 1.807) is 24.3 Å². The zero-order valence-corrected chi connectivity index (χ0v) is 16.6. The molecule has 1 amide bonds. The van der Waals surface area contributed by atoms with Crippen molar-refractivity contribution in [3.05, 3.63) is 101 Å². The van der Waals surface area contributed by atoms with Gasteiger partial charge in [-0.2, -0.15) is 0 Å². The van der Waals surface area contributed by atoms with Crippen LogP contribution < -0.4 is 10.1 Å². The molecule has 1 N–H and O–H groups in total. The molecule has 0 fully saturated rings. The minimum atomic E-state index is -0.313. The van der Waals surface area contributed by atoms with Gasteiger partial charge in [0.2, 0.25) is 0 Å². The Morgan fingerprint density at radius 2 is 1.77 bits per heavy atom. The maximum absolute atomic E-state index is 12.7. The topological polar surface area (TPSA) is 81.9 Å². The van der Waals surface area contributed by atoms with Crippen LogP contribution in [0.25, 0.3) is 5.69 Å². The number of hydrogen-bond donors (Lipinski definition) is 1. The van der Waals surface area contributed by atoms with Gasteiger partial charge < -0.3 is 10.1 Å². The van der Waals surface area contributed by atoms with Crippen LogP contribution in [0.2, 0.25) is 5.02 Å². The van der Waals surface area contributed by atoms with Crippen molar-refractivity contribution < 1.29 is 9.53 Å². The Morgan fingerprint density at radius 3 is 2.50 bits per heavy atom. The van der Waals surface area contributed by atoms with Crippen LogP contribution in [0.4, 0.5) is 0 Å². The first-order chi connectivity index (χ1) is 14.7. The highest BCUT2D eigenvalue weighted by Gasteiger charge is 2.17. The highest BCUT2D eigenvalue weighted by molar-refractivity contribution is 6.30. The molecular formula is C22H18ClN5O2. The third-order valence-electron chi connectivity index (χ3n) is 4.44. The summed E-state index contributed by atoms with van der Waals surface area (Å²) in [5.41, 5.74) is 2.63. The van der Waals surface area contributed by atoms with Gasteiger partial charge >= 0.3 is 0 Å². The first kappa shape index (κ1) is 19.6. The van der Waals surface area contributed by atoms with Crippen molar-refractivity contribution >= 4 is 17.5 Å². The van der Waals surface area contributed by atoms with Gasteiger partial charge in [-0.3, -0.25) is 4.79 Å². The minimum absolute atomic E-state index is 0.129. The highest BCUT2D eigenvalue weighted by Crippen LogP contribution is 2.23. The van der Waals surface area contributed by atoms with Gasteiger partial charge in [-0.25, -0.2) is 4.68 Å². The van der Waals surface area contributed by atoms with Gasteiger partial charge in [0.05, 0.1) is 11.7 Å². The van der Waals surface area contributed by atoms with Crippen LogP contribution in [0.5, 0.6) is 5.75 Å². The van der Waals surface area contributed by atoms with Crippen LogP contribution >= 0.6 is 11.6 Å². The predicted octanol–water partition coefficient (Wildman–Crippen LogP) is 3.60. The normalized spacial score (nSPS) is 11.6. The van der Waals surface area contributed by atoms with E-state index < -0.39 is 0 Å². The quantitative estimate of drug-likeness (QED) is 0.495. The Morgan fingerprint density at radius 1 is 1.00 bits per heavy atom. The Labute approximate surface area is 178 Å². The zero-order valence-electron chi connectivity index (χ0n) is 15.9. The Hall–Kier alpha value is -3.71. The van der Waals surface area contributed by atoms with E-state index in [1.165, 1.54) is 11.0 Å². The van der Waals surface area contributed by atoms with Gasteiger partial charge in [-0.05, 0) is 45.8 Å². The number of carbonyl (C=O) groups is 1. The summed E-state index contributed by atoms with van der Waals surface area (Å²) < 4.78 is 7.20. The van der Waals surface area contributed by atoms with Crippen molar-refractivity contribution in [2.24, 2.45) is 0 Å². The summed E-state index contributed by atoms with van der Waals surface area (Å²) in [4.78, 5) is 12.7. The van der Waals surface area contributed by atoms with Gasteiger partial charge in [0.25, 0.3) is 5.91 Å². The average Bonchev–Trinajstić information content (AvgIpc) is 3.33. The molecule has 1 atom stereocenters. The first-order valence-electron chi connectivity index (χ1n) is 9.25. The Kier molecular flexibility index (Phi) is 6.01. The van der Waals surface area contributed by atoms with E-state index in [2.05, 4.69) is 20.8 Å². The maximum Gasteiger partial charge on any atom is 0.258 e. The second kappa shape index (κ2) is 9.19. The number of benzene rings is 3. The third kappa shape index (κ3) is 4.82. The molecule has 1 aromatic heterocycles. The summed E-state index contributed by atoms with van der Waals surface area (Å²) in [6.07, 6.45) is 1.49. The lowest BCUT2D eigenvalue weighted by molar-refractivity contribution is -0.123. The van der Waals surface area contributed by atoms with E-state index in [0.717, 1.165) is 16.8 Å². The van der Waals surface area contributed by atoms with E-state index in [1.807, 2.05) is 54.6 Å². The molecular weight excluding hydrogens is 402 g/mol. The van der Waals surface area contributed by atoms with Crippen molar-refractivity contribution in [3.8, 4) is 11.4 Å². The molecule has 4 rings (SSSR count). The molecule has 0 saturated carbocycles. The molecule has 0 radical (unpaired) electrons. The SMILES string of the molecule is O=C(COc1cccc(-n2cnnn2)c1)NC(c1ccccc1)c1ccc(Cl)cc1. The molecule has 0 saturated heterocycles. The van der Waals surface area contributed by atoms with E-state index in [-0.39, 0.29) is 18.6 Å². The molecule has 4 aromatic rings. The molecule has 3 aromatic carbocycles. The number of halogens is 1. The lowest BCUT2D eigenvalue weighted by atomic mass is 9.99. The average molecular weight is 420 g/mol. The van der Waals surface area contributed by atoms with Crippen LogP contribution in [-0.4, -0.2) is 32.7 Å². The lowest BCUT2D eigenvalue weighted by Gasteiger charge is -2.20. The van der Waals surface area contributed by atoms with Crippen LogP contribution in [0.1, 0.15) is 17.2 Å². The second-order valence-electron chi connectivity index (χ2n) is 6.50. The molecule has 0 aliphatic carbocycles. The second-order valence-corrected chi connectivity index (χ2v) is 6.94. The van der Waals surface area contributed by atoms with Crippen molar-refractivity contribution in [1.29, 1.82) is 0 Å². The Balaban J connectivity index is 1.46. The van der Waals surface area contributed by atoms with E-state index in [9.17, 15) is 4.79 Å². The van der Waals surface area contributed by atoms with Crippen LogP contribution in [0.3, 0.4) is 0 Å². The standard InChI is InChI=1S/C22H18ClN5O2/c23-18-11-9-17(10-12-18)22(16-5-2-1-3-6-16)25-21(29)14-30-20-8-4-7-19(13-20)28-15-24-26-27-28/h1-13,15,22H,14H2,(H,25,29). The predicted molar refractivity (Wildman–Crippen MR) is 113 cm³/mol. The summed E-state index contributed by atoms with van der Waals surface area (Å²) in [5, 5.41) is 14.8. The van der Waals surface area contributed by atoms with Crippen molar-refractivity contribution in [2.45, 2.75) is 6.04 Å². The van der Waals surface area contributed by atoms with Crippen LogP contribution in [0, 0.1) is 0 Å². The molecule has 30 heavy (non-hydrogen) atoms. The van der Waals surface area contributed by atoms with Gasteiger partial charge in [-0.1, -0.05) is 60.1 Å². The number of aromatic nitrogens is 4. The lowest BCUT2D eigenvalue weighted by Crippen LogP contribution is -2.33. The fraction of sp³-hybridized carbons (Fsp3) is 0.0909. The molecule has 8 heteroatoms. The molecule has 7 nitrogen and oxygen atoms in total. The Bertz CT molecular complexity index is 1100. The van der Waals surface area contributed by atoms with Crippen molar-refractivity contribution in [2.75, 3.05) is 6.61 Å². The van der Waals surface area contributed by atoms with Crippen LogP contribution in [-0.2, 0) is 4.79 Å². The van der Waals surface area contributed by atoms with Gasteiger partial charge in [0.15, 0.2) is 6.61 Å². The molecule has 0 spiro atoms. The smallest absolute Gasteiger partial charge is 0.258 e. The number of tetrazole rings is 1. The number of hydrogen-bond acceptors (Lipinski definition) is 5. The van der Waals surface area contributed by atoms with E-state index >= 15 is 0 Å². The molecule has 1 heterocycles. The highest BCUT2D eigenvalue weighted by atomic mass is 35.5. The van der Waals surface area contributed by atoms with Crippen molar-refractivity contribution in [3.63, 3.8) is 0 Å². The molecule has 0 aliphatic rings. The maximum atomic E-state index is 12.7. The fourth-order valence-electron chi connectivity index (χ4n) is 3.01. The number of nitrogens with zero attached hydrogens (tertiary/aromatic N) is 4. The monoisotopic (exact) mass is 419 g/mol. The third-order valence-corrected chi connectivity index (χ3v) is 4.69. The molecule has 150 valence electrons. The number of carbonyl (C=O) groups excluding carboxylic acids is 1. The number of amides is 1. The molecule has 0 aliphatic heterocycles. The molecule has 1 unspecified atom stereocenters.